The molecule has 4 heterocycles. The minimum absolute atomic E-state index is 0.206. The van der Waals surface area contributed by atoms with E-state index >= 15 is 0 Å². The molecule has 7 heteroatoms. The molecular formula is C28H33FN6. The van der Waals surface area contributed by atoms with Crippen LogP contribution in [0.3, 0.4) is 0 Å². The first-order valence-corrected chi connectivity index (χ1v) is 12.4. The highest BCUT2D eigenvalue weighted by atomic mass is 19.1. The van der Waals surface area contributed by atoms with Crippen molar-refractivity contribution in [3.8, 4) is 22.6 Å². The van der Waals surface area contributed by atoms with Gasteiger partial charge < -0.3 is 10.6 Å². The minimum Gasteiger partial charge on any atom is -0.368 e. The molecule has 0 amide bonds. The van der Waals surface area contributed by atoms with E-state index in [0.717, 1.165) is 48.5 Å². The monoisotopic (exact) mass is 472 g/mol. The number of likely N-dealkylation sites (tertiary alicyclic amines) is 1. The van der Waals surface area contributed by atoms with Crippen molar-refractivity contribution >= 4 is 11.6 Å². The van der Waals surface area contributed by atoms with E-state index < -0.39 is 0 Å². The second-order valence-corrected chi connectivity index (χ2v) is 10.7. The molecule has 0 aliphatic carbocycles. The van der Waals surface area contributed by atoms with Crippen LogP contribution in [-0.2, 0) is 0 Å². The standard InChI is InChI=1S/C28H33FN6/c1-28(2,3)12-17-34-14-9-19(10-15-34)21-11-16-35-24(18-21)33-25(20-4-6-22(29)7-5-20)26(35)23-8-13-31-27(30)32-23/h4-8,11,13,16,18-19H,9-10,12,14-15,17H2,1-3H3,(H2,30,31,32). The largest absolute Gasteiger partial charge is 0.368 e. The molecule has 1 saturated heterocycles. The number of imidazole rings is 1. The lowest BCUT2D eigenvalue weighted by molar-refractivity contribution is 0.185. The molecule has 1 aliphatic rings. The Morgan fingerprint density at radius 1 is 1.03 bits per heavy atom. The van der Waals surface area contributed by atoms with Crippen LogP contribution in [0.1, 0.15) is 51.5 Å². The summed E-state index contributed by atoms with van der Waals surface area (Å²) in [7, 11) is 0. The maximum Gasteiger partial charge on any atom is 0.220 e. The zero-order chi connectivity index (χ0) is 24.6. The fourth-order valence-corrected chi connectivity index (χ4v) is 4.86. The Morgan fingerprint density at radius 2 is 1.77 bits per heavy atom. The first-order chi connectivity index (χ1) is 16.8. The van der Waals surface area contributed by atoms with Crippen molar-refractivity contribution in [1.29, 1.82) is 0 Å². The molecule has 0 unspecified atom stereocenters. The number of aromatic nitrogens is 4. The highest BCUT2D eigenvalue weighted by Crippen LogP contribution is 2.35. The normalized spacial score (nSPS) is 15.7. The summed E-state index contributed by atoms with van der Waals surface area (Å²) in [4.78, 5) is 16.1. The van der Waals surface area contributed by atoms with Crippen molar-refractivity contribution in [2.75, 3.05) is 25.4 Å². The highest BCUT2D eigenvalue weighted by Gasteiger charge is 2.24. The number of hydrogen-bond acceptors (Lipinski definition) is 5. The summed E-state index contributed by atoms with van der Waals surface area (Å²) in [5.41, 5.74) is 11.5. The van der Waals surface area contributed by atoms with Gasteiger partial charge in [-0.25, -0.2) is 19.3 Å². The molecule has 0 atom stereocenters. The highest BCUT2D eigenvalue weighted by molar-refractivity contribution is 5.80. The topological polar surface area (TPSA) is 72.3 Å². The SMILES string of the molecule is CC(C)(C)CCN1CCC(c2ccn3c(-c4ccnc(N)n4)c(-c4ccc(F)cc4)nc3c2)CC1. The summed E-state index contributed by atoms with van der Waals surface area (Å²) < 4.78 is 15.7. The molecule has 4 aromatic rings. The van der Waals surface area contributed by atoms with Gasteiger partial charge >= 0.3 is 0 Å². The zero-order valence-electron chi connectivity index (χ0n) is 20.7. The predicted octanol–water partition coefficient (Wildman–Crippen LogP) is 5.80. The maximum atomic E-state index is 13.6. The smallest absolute Gasteiger partial charge is 0.220 e. The van der Waals surface area contributed by atoms with Gasteiger partial charge in [-0.15, -0.1) is 0 Å². The lowest BCUT2D eigenvalue weighted by Crippen LogP contribution is -2.35. The lowest BCUT2D eigenvalue weighted by atomic mass is 9.88. The third-order valence-electron chi connectivity index (χ3n) is 6.92. The number of piperidine rings is 1. The van der Waals surface area contributed by atoms with Gasteiger partial charge in [-0.1, -0.05) is 20.8 Å². The number of fused-ring (bicyclic) bond motifs is 1. The fraction of sp³-hybridized carbons (Fsp3) is 0.393. The van der Waals surface area contributed by atoms with Gasteiger partial charge in [0.25, 0.3) is 0 Å². The Balaban J connectivity index is 1.46. The van der Waals surface area contributed by atoms with Gasteiger partial charge in [0.2, 0.25) is 5.95 Å². The van der Waals surface area contributed by atoms with Crippen LogP contribution in [0.25, 0.3) is 28.3 Å². The number of nitrogens with zero attached hydrogens (tertiary/aromatic N) is 5. The number of nitrogen functional groups attached to an aromatic ring is 1. The van der Waals surface area contributed by atoms with Crippen LogP contribution < -0.4 is 5.73 Å². The molecule has 1 aliphatic heterocycles. The molecule has 0 bridgehead atoms. The molecule has 2 N–H and O–H groups in total. The zero-order valence-corrected chi connectivity index (χ0v) is 20.7. The van der Waals surface area contributed by atoms with Gasteiger partial charge in [-0.05, 0) is 98.3 Å². The number of nitrogens with two attached hydrogens (primary N) is 1. The molecule has 0 radical (unpaired) electrons. The van der Waals surface area contributed by atoms with E-state index in [1.54, 1.807) is 18.3 Å². The molecule has 6 nitrogen and oxygen atoms in total. The van der Waals surface area contributed by atoms with Crippen molar-refractivity contribution in [2.24, 2.45) is 5.41 Å². The van der Waals surface area contributed by atoms with Crippen LogP contribution >= 0.6 is 0 Å². The van der Waals surface area contributed by atoms with Gasteiger partial charge in [0.1, 0.15) is 11.5 Å². The number of benzene rings is 1. The maximum absolute atomic E-state index is 13.6. The molecule has 1 fully saturated rings. The van der Waals surface area contributed by atoms with E-state index in [2.05, 4.69) is 54.0 Å². The molecule has 5 rings (SSSR count). The Labute approximate surface area is 206 Å². The second-order valence-electron chi connectivity index (χ2n) is 10.7. The van der Waals surface area contributed by atoms with Gasteiger partial charge in [-0.3, -0.25) is 4.40 Å². The summed E-state index contributed by atoms with van der Waals surface area (Å²) in [6, 6.07) is 12.6. The Bertz CT molecular complexity index is 1310. The van der Waals surface area contributed by atoms with Crippen molar-refractivity contribution in [1.82, 2.24) is 24.3 Å². The average Bonchev–Trinajstić information content (AvgIpc) is 3.22. The summed E-state index contributed by atoms with van der Waals surface area (Å²) in [5.74, 6) is 0.453. The van der Waals surface area contributed by atoms with E-state index in [1.807, 2.05) is 10.5 Å². The van der Waals surface area contributed by atoms with Crippen LogP contribution in [0, 0.1) is 11.2 Å². The first-order valence-electron chi connectivity index (χ1n) is 12.4. The van der Waals surface area contributed by atoms with Gasteiger partial charge in [0.05, 0.1) is 17.1 Å². The Morgan fingerprint density at radius 3 is 2.46 bits per heavy atom. The van der Waals surface area contributed by atoms with E-state index in [1.165, 1.54) is 30.7 Å². The summed E-state index contributed by atoms with van der Waals surface area (Å²) >= 11 is 0. The number of halogens is 1. The third kappa shape index (κ3) is 5.20. The first kappa shape index (κ1) is 23.4. The van der Waals surface area contributed by atoms with Gasteiger partial charge in [0.15, 0.2) is 0 Å². The van der Waals surface area contributed by atoms with Crippen molar-refractivity contribution in [3.05, 3.63) is 66.2 Å². The van der Waals surface area contributed by atoms with Crippen LogP contribution in [0.4, 0.5) is 10.3 Å². The molecule has 1 aromatic carbocycles. The molecule has 182 valence electrons. The van der Waals surface area contributed by atoms with Crippen LogP contribution in [0.5, 0.6) is 0 Å². The van der Waals surface area contributed by atoms with Crippen molar-refractivity contribution < 1.29 is 4.39 Å². The van der Waals surface area contributed by atoms with E-state index in [4.69, 9.17) is 10.7 Å². The predicted molar refractivity (Wildman–Crippen MR) is 139 cm³/mol. The van der Waals surface area contributed by atoms with E-state index in [-0.39, 0.29) is 11.8 Å². The lowest BCUT2D eigenvalue weighted by Gasteiger charge is -2.33. The molecule has 0 saturated carbocycles. The molecule has 0 spiro atoms. The summed E-state index contributed by atoms with van der Waals surface area (Å²) in [5, 5.41) is 0. The van der Waals surface area contributed by atoms with Crippen LogP contribution in [0.15, 0.2) is 54.9 Å². The number of pyridine rings is 1. The number of anilines is 1. The van der Waals surface area contributed by atoms with Gasteiger partial charge in [0, 0.05) is 18.0 Å². The molecular weight excluding hydrogens is 439 g/mol. The fourth-order valence-electron chi connectivity index (χ4n) is 4.86. The van der Waals surface area contributed by atoms with E-state index in [0.29, 0.717) is 17.0 Å². The Hall–Kier alpha value is -3.32. The Kier molecular flexibility index (Phi) is 6.28. The van der Waals surface area contributed by atoms with Crippen molar-refractivity contribution in [3.63, 3.8) is 0 Å². The molecule has 35 heavy (non-hydrogen) atoms. The second kappa shape index (κ2) is 9.38. The molecule has 3 aromatic heterocycles. The summed E-state index contributed by atoms with van der Waals surface area (Å²) in [6.07, 6.45) is 7.25. The quantitative estimate of drug-likeness (QED) is 0.398. The van der Waals surface area contributed by atoms with Crippen molar-refractivity contribution in [2.45, 2.75) is 46.0 Å². The van der Waals surface area contributed by atoms with Crippen LogP contribution in [-0.4, -0.2) is 43.9 Å². The number of rotatable bonds is 5. The van der Waals surface area contributed by atoms with E-state index in [9.17, 15) is 4.39 Å². The van der Waals surface area contributed by atoms with Gasteiger partial charge in [-0.2, -0.15) is 0 Å². The average molecular weight is 473 g/mol. The third-order valence-corrected chi connectivity index (χ3v) is 6.92. The number of hydrogen-bond donors (Lipinski definition) is 1. The minimum atomic E-state index is -0.276. The summed E-state index contributed by atoms with van der Waals surface area (Å²) in [6.45, 7) is 10.4. The van der Waals surface area contributed by atoms with Crippen LogP contribution in [0.2, 0.25) is 0 Å².